The second kappa shape index (κ2) is 4.09. The van der Waals surface area contributed by atoms with Crippen LogP contribution in [0.3, 0.4) is 0 Å². The van der Waals surface area contributed by atoms with Crippen LogP contribution in [-0.2, 0) is 6.54 Å². The predicted octanol–water partition coefficient (Wildman–Crippen LogP) is 0.442. The zero-order valence-corrected chi connectivity index (χ0v) is 8.36. The highest BCUT2D eigenvalue weighted by Gasteiger charge is 2.06. The van der Waals surface area contributed by atoms with Gasteiger partial charge in [-0.25, -0.2) is 15.0 Å². The molecule has 0 saturated carbocycles. The van der Waals surface area contributed by atoms with Crippen LogP contribution in [0.2, 0.25) is 5.02 Å². The van der Waals surface area contributed by atoms with Crippen LogP contribution < -0.4 is 11.1 Å². The third-order valence-corrected chi connectivity index (χ3v) is 2.08. The number of aromatic nitrogens is 5. The summed E-state index contributed by atoms with van der Waals surface area (Å²) in [4.78, 5) is 11.6. The topological polar surface area (TPSA) is 105 Å². The molecule has 2 aromatic heterocycles. The van der Waals surface area contributed by atoms with Crippen molar-refractivity contribution in [3.05, 3.63) is 23.5 Å². The van der Waals surface area contributed by atoms with E-state index in [1.807, 2.05) is 0 Å². The lowest BCUT2D eigenvalue weighted by Crippen LogP contribution is -2.05. The second-order valence-electron chi connectivity index (χ2n) is 2.71. The van der Waals surface area contributed by atoms with Crippen LogP contribution in [0.15, 0.2) is 12.7 Å². The zero-order chi connectivity index (χ0) is 10.7. The molecule has 0 unspecified atom stereocenters. The van der Waals surface area contributed by atoms with Gasteiger partial charge in [-0.15, -0.1) is 0 Å². The number of aromatic amines is 1. The molecule has 0 bridgehead atoms. The fourth-order valence-electron chi connectivity index (χ4n) is 0.990. The first-order chi connectivity index (χ1) is 7.27. The fourth-order valence-corrected chi connectivity index (χ4v) is 1.15. The van der Waals surface area contributed by atoms with E-state index in [1.165, 1.54) is 12.7 Å². The van der Waals surface area contributed by atoms with Crippen molar-refractivity contribution >= 4 is 23.2 Å². The van der Waals surface area contributed by atoms with Crippen molar-refractivity contribution in [2.45, 2.75) is 6.54 Å². The Kier molecular flexibility index (Phi) is 2.64. The molecule has 8 heteroatoms. The molecule has 15 heavy (non-hydrogen) atoms. The summed E-state index contributed by atoms with van der Waals surface area (Å²) >= 11 is 5.87. The highest BCUT2D eigenvalue weighted by atomic mass is 35.5. The number of rotatable bonds is 3. The molecule has 4 N–H and O–H groups in total. The number of anilines is 2. The molecule has 0 aromatic carbocycles. The summed E-state index contributed by atoms with van der Waals surface area (Å²) in [5.74, 6) is 1.40. The molecule has 0 fully saturated rings. The normalized spacial score (nSPS) is 10.2. The van der Waals surface area contributed by atoms with Crippen molar-refractivity contribution in [2.24, 2.45) is 0 Å². The highest BCUT2D eigenvalue weighted by molar-refractivity contribution is 6.35. The molecule has 0 aliphatic heterocycles. The highest BCUT2D eigenvalue weighted by Crippen LogP contribution is 2.23. The van der Waals surface area contributed by atoms with Gasteiger partial charge in [0.15, 0.2) is 5.82 Å². The van der Waals surface area contributed by atoms with Crippen LogP contribution in [0.5, 0.6) is 0 Å². The van der Waals surface area contributed by atoms with Crippen LogP contribution in [0.25, 0.3) is 0 Å². The quantitative estimate of drug-likeness (QED) is 0.700. The van der Waals surface area contributed by atoms with Gasteiger partial charge in [0.1, 0.15) is 29.3 Å². The van der Waals surface area contributed by atoms with E-state index in [0.29, 0.717) is 23.2 Å². The molecule has 0 radical (unpaired) electrons. The summed E-state index contributed by atoms with van der Waals surface area (Å²) < 4.78 is 0. The van der Waals surface area contributed by atoms with E-state index in [2.05, 4.69) is 30.5 Å². The number of nitrogens with two attached hydrogens (primary N) is 1. The third kappa shape index (κ3) is 2.13. The van der Waals surface area contributed by atoms with Crippen LogP contribution >= 0.6 is 11.6 Å². The SMILES string of the molecule is Nc1ncnc(NCc2ncn[nH]2)c1Cl. The minimum absolute atomic E-state index is 0.242. The number of halogens is 1. The van der Waals surface area contributed by atoms with Gasteiger partial charge in [0, 0.05) is 0 Å². The Balaban J connectivity index is 2.08. The average molecular weight is 226 g/mol. The van der Waals surface area contributed by atoms with E-state index >= 15 is 0 Å². The van der Waals surface area contributed by atoms with Gasteiger partial charge >= 0.3 is 0 Å². The summed E-state index contributed by atoms with van der Waals surface area (Å²) in [6.07, 6.45) is 2.76. The second-order valence-corrected chi connectivity index (χ2v) is 3.09. The maximum absolute atomic E-state index is 5.87. The van der Waals surface area contributed by atoms with E-state index in [9.17, 15) is 0 Å². The fraction of sp³-hybridized carbons (Fsp3) is 0.143. The Hall–Kier alpha value is -1.89. The minimum Gasteiger partial charge on any atom is -0.382 e. The summed E-state index contributed by atoms with van der Waals surface area (Å²) in [6.45, 7) is 0.441. The Morgan fingerprint density at radius 3 is 2.93 bits per heavy atom. The van der Waals surface area contributed by atoms with Crippen LogP contribution in [0.1, 0.15) is 5.82 Å². The molecule has 2 rings (SSSR count). The van der Waals surface area contributed by atoms with E-state index in [-0.39, 0.29) is 5.82 Å². The lowest BCUT2D eigenvalue weighted by Gasteiger charge is -2.05. The van der Waals surface area contributed by atoms with Crippen molar-refractivity contribution in [1.29, 1.82) is 0 Å². The number of nitrogens with one attached hydrogen (secondary N) is 2. The largest absolute Gasteiger partial charge is 0.382 e. The standard InChI is InChI=1S/C7H8ClN7/c8-5-6(9)12-2-13-7(5)10-1-4-11-3-14-15-4/h2-3H,1H2,(H,11,14,15)(H3,9,10,12,13). The van der Waals surface area contributed by atoms with E-state index in [4.69, 9.17) is 17.3 Å². The van der Waals surface area contributed by atoms with Gasteiger partial charge in [0.2, 0.25) is 0 Å². The molecule has 0 aliphatic rings. The number of nitrogens with zero attached hydrogens (tertiary/aromatic N) is 4. The van der Waals surface area contributed by atoms with Gasteiger partial charge in [0.05, 0.1) is 6.54 Å². The molecular weight excluding hydrogens is 218 g/mol. The maximum Gasteiger partial charge on any atom is 0.150 e. The average Bonchev–Trinajstić information content (AvgIpc) is 2.73. The van der Waals surface area contributed by atoms with E-state index < -0.39 is 0 Å². The molecule has 0 atom stereocenters. The minimum atomic E-state index is 0.242. The first-order valence-corrected chi connectivity index (χ1v) is 4.49. The molecule has 0 amide bonds. The number of hydrogen-bond acceptors (Lipinski definition) is 6. The van der Waals surface area contributed by atoms with Crippen LogP contribution in [-0.4, -0.2) is 25.1 Å². The summed E-state index contributed by atoms with van der Waals surface area (Å²) in [5, 5.41) is 9.67. The molecule has 0 aliphatic carbocycles. The Labute approximate surface area is 90.1 Å². The molecular formula is C7H8ClN7. The third-order valence-electron chi connectivity index (χ3n) is 1.70. The van der Waals surface area contributed by atoms with Crippen molar-refractivity contribution < 1.29 is 0 Å². The predicted molar refractivity (Wildman–Crippen MR) is 55.2 cm³/mol. The molecule has 2 heterocycles. The number of nitrogen functional groups attached to an aromatic ring is 1. The summed E-state index contributed by atoms with van der Waals surface area (Å²) in [7, 11) is 0. The van der Waals surface area contributed by atoms with Crippen molar-refractivity contribution in [3.8, 4) is 0 Å². The van der Waals surface area contributed by atoms with Gasteiger partial charge in [0.25, 0.3) is 0 Å². The summed E-state index contributed by atoms with van der Waals surface area (Å²) in [6, 6.07) is 0. The van der Waals surface area contributed by atoms with Gasteiger partial charge in [-0.1, -0.05) is 11.6 Å². The number of H-pyrrole nitrogens is 1. The maximum atomic E-state index is 5.87. The van der Waals surface area contributed by atoms with Gasteiger partial charge in [-0.3, -0.25) is 5.10 Å². The van der Waals surface area contributed by atoms with Gasteiger partial charge in [-0.05, 0) is 0 Å². The molecule has 0 spiro atoms. The van der Waals surface area contributed by atoms with E-state index in [0.717, 1.165) is 0 Å². The van der Waals surface area contributed by atoms with Crippen LogP contribution in [0, 0.1) is 0 Å². The van der Waals surface area contributed by atoms with Crippen LogP contribution in [0.4, 0.5) is 11.6 Å². The lowest BCUT2D eigenvalue weighted by molar-refractivity contribution is 0.945. The van der Waals surface area contributed by atoms with E-state index in [1.54, 1.807) is 0 Å². The smallest absolute Gasteiger partial charge is 0.150 e. The molecule has 2 aromatic rings. The number of hydrogen-bond donors (Lipinski definition) is 3. The Bertz CT molecular complexity index is 441. The monoisotopic (exact) mass is 225 g/mol. The zero-order valence-electron chi connectivity index (χ0n) is 7.61. The van der Waals surface area contributed by atoms with Crippen molar-refractivity contribution in [2.75, 3.05) is 11.1 Å². The summed E-state index contributed by atoms with van der Waals surface area (Å²) in [5.41, 5.74) is 5.51. The molecule has 7 nitrogen and oxygen atoms in total. The Morgan fingerprint density at radius 1 is 1.33 bits per heavy atom. The first-order valence-electron chi connectivity index (χ1n) is 4.11. The Morgan fingerprint density at radius 2 is 2.20 bits per heavy atom. The molecule has 78 valence electrons. The lowest BCUT2D eigenvalue weighted by atomic mass is 10.5. The van der Waals surface area contributed by atoms with Crippen molar-refractivity contribution in [1.82, 2.24) is 25.1 Å². The first kappa shape index (κ1) is 9.66. The van der Waals surface area contributed by atoms with Gasteiger partial charge in [-0.2, -0.15) is 5.10 Å². The molecule has 0 saturated heterocycles. The van der Waals surface area contributed by atoms with Crippen molar-refractivity contribution in [3.63, 3.8) is 0 Å². The van der Waals surface area contributed by atoms with Gasteiger partial charge < -0.3 is 11.1 Å².